The third-order valence-corrected chi connectivity index (χ3v) is 3.98. The Labute approximate surface area is 84.4 Å². The first-order valence-corrected chi connectivity index (χ1v) is 5.28. The van der Waals surface area contributed by atoms with Crippen molar-refractivity contribution in [1.82, 2.24) is 0 Å². The fourth-order valence-corrected chi connectivity index (χ4v) is 2.98. The van der Waals surface area contributed by atoms with Crippen molar-refractivity contribution in [2.75, 3.05) is 0 Å². The molecule has 0 heterocycles. The van der Waals surface area contributed by atoms with Gasteiger partial charge in [0, 0.05) is 24.7 Å². The molecule has 14 heavy (non-hydrogen) atoms. The van der Waals surface area contributed by atoms with Crippen LogP contribution in [-0.2, 0) is 9.59 Å². The lowest BCUT2D eigenvalue weighted by molar-refractivity contribution is -0.120. The van der Waals surface area contributed by atoms with Crippen LogP contribution in [0.1, 0.15) is 39.5 Å². The zero-order chi connectivity index (χ0) is 10.3. The zero-order valence-corrected chi connectivity index (χ0v) is 8.80. The van der Waals surface area contributed by atoms with Crippen molar-refractivity contribution in [2.24, 2.45) is 11.3 Å². The summed E-state index contributed by atoms with van der Waals surface area (Å²) < 4.78 is 0. The predicted molar refractivity (Wildman–Crippen MR) is 53.8 cm³/mol. The van der Waals surface area contributed by atoms with Gasteiger partial charge in [0.2, 0.25) is 0 Å². The minimum absolute atomic E-state index is 0.0327. The zero-order valence-electron chi connectivity index (χ0n) is 8.80. The molecule has 2 atom stereocenters. The second-order valence-electron chi connectivity index (χ2n) is 4.77. The largest absolute Gasteiger partial charge is 0.300 e. The lowest BCUT2D eigenvalue weighted by Crippen LogP contribution is -2.33. The van der Waals surface area contributed by atoms with Gasteiger partial charge in [-0.3, -0.25) is 9.59 Å². The molecule has 0 radical (unpaired) electrons. The number of ketones is 2. The van der Waals surface area contributed by atoms with Gasteiger partial charge in [-0.1, -0.05) is 12.5 Å². The average molecular weight is 192 g/mol. The maximum atomic E-state index is 11.4. The minimum atomic E-state index is 0.0327. The first-order chi connectivity index (χ1) is 6.54. The monoisotopic (exact) mass is 192 g/mol. The van der Waals surface area contributed by atoms with Crippen LogP contribution in [0.3, 0.4) is 0 Å². The van der Waals surface area contributed by atoms with Gasteiger partial charge < -0.3 is 0 Å². The van der Waals surface area contributed by atoms with E-state index in [-0.39, 0.29) is 11.2 Å². The van der Waals surface area contributed by atoms with Crippen LogP contribution in [0.5, 0.6) is 0 Å². The molecule has 1 spiro atoms. The fourth-order valence-electron chi connectivity index (χ4n) is 2.98. The molecule has 2 rings (SSSR count). The summed E-state index contributed by atoms with van der Waals surface area (Å²) in [6, 6.07) is 0. The number of hydrogen-bond acceptors (Lipinski definition) is 2. The van der Waals surface area contributed by atoms with Gasteiger partial charge in [-0.15, -0.1) is 0 Å². The van der Waals surface area contributed by atoms with Crippen LogP contribution in [0.15, 0.2) is 11.6 Å². The Morgan fingerprint density at radius 3 is 2.64 bits per heavy atom. The van der Waals surface area contributed by atoms with E-state index >= 15 is 0 Å². The van der Waals surface area contributed by atoms with Crippen molar-refractivity contribution in [2.45, 2.75) is 39.5 Å². The summed E-state index contributed by atoms with van der Waals surface area (Å²) in [6.45, 7) is 4.11. The number of carbonyl (C=O) groups excluding carboxylic acids is 2. The third-order valence-electron chi connectivity index (χ3n) is 3.98. The molecule has 0 aliphatic heterocycles. The van der Waals surface area contributed by atoms with E-state index in [0.29, 0.717) is 31.0 Å². The Kier molecular flexibility index (Phi) is 2.09. The second-order valence-corrected chi connectivity index (χ2v) is 4.77. The highest BCUT2D eigenvalue weighted by molar-refractivity contribution is 5.93. The molecule has 0 unspecified atom stereocenters. The van der Waals surface area contributed by atoms with E-state index < -0.39 is 0 Å². The van der Waals surface area contributed by atoms with Crippen LogP contribution in [0.4, 0.5) is 0 Å². The van der Waals surface area contributed by atoms with Gasteiger partial charge in [-0.25, -0.2) is 0 Å². The summed E-state index contributed by atoms with van der Waals surface area (Å²) >= 11 is 0. The molecular formula is C12H16O2. The molecular weight excluding hydrogens is 176 g/mol. The summed E-state index contributed by atoms with van der Waals surface area (Å²) in [5, 5.41) is 0. The lowest BCUT2D eigenvalue weighted by atomic mass is 9.65. The van der Waals surface area contributed by atoms with Crippen LogP contribution in [-0.4, -0.2) is 11.6 Å². The highest BCUT2D eigenvalue weighted by atomic mass is 16.1. The van der Waals surface area contributed by atoms with Crippen LogP contribution in [0, 0.1) is 11.3 Å². The maximum Gasteiger partial charge on any atom is 0.155 e. The van der Waals surface area contributed by atoms with Gasteiger partial charge in [0.1, 0.15) is 5.78 Å². The third kappa shape index (κ3) is 1.24. The quantitative estimate of drug-likeness (QED) is 0.590. The Morgan fingerprint density at radius 1 is 1.43 bits per heavy atom. The van der Waals surface area contributed by atoms with E-state index in [1.54, 1.807) is 6.08 Å². The summed E-state index contributed by atoms with van der Waals surface area (Å²) in [5.41, 5.74) is 1.16. The number of hydrogen-bond donors (Lipinski definition) is 0. The molecule has 2 heteroatoms. The van der Waals surface area contributed by atoms with Crippen LogP contribution >= 0.6 is 0 Å². The smallest absolute Gasteiger partial charge is 0.155 e. The summed E-state index contributed by atoms with van der Waals surface area (Å²) in [4.78, 5) is 22.7. The molecule has 0 N–H and O–H groups in total. The van der Waals surface area contributed by atoms with E-state index in [1.807, 2.05) is 6.92 Å². The van der Waals surface area contributed by atoms with Crippen LogP contribution in [0.2, 0.25) is 0 Å². The van der Waals surface area contributed by atoms with Gasteiger partial charge in [0.25, 0.3) is 0 Å². The molecule has 2 nitrogen and oxygen atoms in total. The van der Waals surface area contributed by atoms with Gasteiger partial charge in [0.15, 0.2) is 5.78 Å². The van der Waals surface area contributed by atoms with Crippen molar-refractivity contribution < 1.29 is 9.59 Å². The Bertz CT molecular complexity index is 327. The topological polar surface area (TPSA) is 34.1 Å². The van der Waals surface area contributed by atoms with E-state index in [1.165, 1.54) is 0 Å². The Hall–Kier alpha value is -0.920. The first kappa shape index (κ1) is 9.63. The van der Waals surface area contributed by atoms with Crippen LogP contribution in [0.25, 0.3) is 0 Å². The average Bonchev–Trinajstić information content (AvgIpc) is 2.46. The first-order valence-electron chi connectivity index (χ1n) is 5.28. The van der Waals surface area contributed by atoms with Gasteiger partial charge in [-0.2, -0.15) is 0 Å². The standard InChI is InChI=1S/C12H16O2/c1-8-5-11(14)6-9(2)12(8)4-3-10(13)7-12/h5,9H,3-4,6-7H2,1-2H3/t9-,12-/m0/s1. The summed E-state index contributed by atoms with van der Waals surface area (Å²) in [7, 11) is 0. The molecule has 0 amide bonds. The number of rotatable bonds is 0. The molecule has 1 saturated carbocycles. The summed E-state index contributed by atoms with van der Waals surface area (Å²) in [5.74, 6) is 0.922. The molecule has 2 aliphatic carbocycles. The second kappa shape index (κ2) is 3.04. The number of allylic oxidation sites excluding steroid dienone is 2. The molecule has 2 aliphatic rings. The molecule has 0 aromatic carbocycles. The minimum Gasteiger partial charge on any atom is -0.300 e. The van der Waals surface area contributed by atoms with Crippen molar-refractivity contribution in [3.8, 4) is 0 Å². The predicted octanol–water partition coefficient (Wildman–Crippen LogP) is 2.28. The van der Waals surface area contributed by atoms with Gasteiger partial charge in [-0.05, 0) is 25.3 Å². The van der Waals surface area contributed by atoms with Crippen molar-refractivity contribution >= 4 is 11.6 Å². The highest BCUT2D eigenvalue weighted by Gasteiger charge is 2.46. The number of carbonyl (C=O) groups is 2. The highest BCUT2D eigenvalue weighted by Crippen LogP contribution is 2.51. The Balaban J connectivity index is 2.38. The lowest BCUT2D eigenvalue weighted by Gasteiger charge is -2.38. The van der Waals surface area contributed by atoms with Gasteiger partial charge in [0.05, 0.1) is 0 Å². The molecule has 0 aromatic heterocycles. The van der Waals surface area contributed by atoms with Crippen molar-refractivity contribution in [1.29, 1.82) is 0 Å². The summed E-state index contributed by atoms with van der Waals surface area (Å²) in [6.07, 6.45) is 4.67. The van der Waals surface area contributed by atoms with E-state index in [0.717, 1.165) is 12.0 Å². The van der Waals surface area contributed by atoms with E-state index in [2.05, 4.69) is 6.92 Å². The maximum absolute atomic E-state index is 11.4. The SMILES string of the molecule is CC1=CC(=O)C[C@H](C)[C@]12CCC(=O)C2. The normalized spacial score (nSPS) is 37.9. The number of Topliss-reactive ketones (excluding diaryl/α,β-unsaturated/α-hetero) is 1. The van der Waals surface area contributed by atoms with Crippen molar-refractivity contribution in [3.63, 3.8) is 0 Å². The molecule has 0 aromatic rings. The van der Waals surface area contributed by atoms with E-state index in [4.69, 9.17) is 0 Å². The molecule has 76 valence electrons. The molecule has 0 bridgehead atoms. The van der Waals surface area contributed by atoms with Crippen LogP contribution < -0.4 is 0 Å². The molecule has 0 saturated heterocycles. The van der Waals surface area contributed by atoms with E-state index in [9.17, 15) is 9.59 Å². The van der Waals surface area contributed by atoms with Crippen molar-refractivity contribution in [3.05, 3.63) is 11.6 Å². The molecule has 1 fully saturated rings. The fraction of sp³-hybridized carbons (Fsp3) is 0.667. The Morgan fingerprint density at radius 2 is 2.14 bits per heavy atom. The van der Waals surface area contributed by atoms with Gasteiger partial charge >= 0.3 is 0 Å².